The molecule has 0 aliphatic carbocycles. The number of benzene rings is 5. The summed E-state index contributed by atoms with van der Waals surface area (Å²) < 4.78 is 23.1. The normalized spacial score (nSPS) is 10.5. The van der Waals surface area contributed by atoms with Crippen molar-refractivity contribution >= 4 is 0 Å². The van der Waals surface area contributed by atoms with Crippen molar-refractivity contribution in [3.63, 3.8) is 0 Å². The molecule has 0 saturated carbocycles. The van der Waals surface area contributed by atoms with Crippen LogP contribution in [-0.2, 0) is 6.42 Å². The molecule has 0 aliphatic rings. The Balaban J connectivity index is 1.14. The third-order valence-corrected chi connectivity index (χ3v) is 5.87. The molecule has 4 heteroatoms. The van der Waals surface area contributed by atoms with Crippen LogP contribution in [0.15, 0.2) is 121 Å². The van der Waals surface area contributed by atoms with Gasteiger partial charge in [-0.1, -0.05) is 42.0 Å². The van der Waals surface area contributed by atoms with Crippen LogP contribution in [0.25, 0.3) is 0 Å². The van der Waals surface area contributed by atoms with Crippen molar-refractivity contribution in [3.05, 3.63) is 138 Å². The molecule has 5 aromatic rings. The average molecular weight is 489 g/mol. The standard InChI is InChI=1S/C33H28O4/c1-24-3-9-28(10-4-24)35-30-15-19-32(20-16-30)37-33-21-17-31(18-22-33)36-29-13-7-26(8-14-29)23-25-5-11-27(34-2)12-6-25/h3-22H,23H2,1-2H3. The number of hydrogen-bond acceptors (Lipinski definition) is 4. The molecule has 0 bridgehead atoms. The van der Waals surface area contributed by atoms with Crippen LogP contribution in [0.3, 0.4) is 0 Å². The van der Waals surface area contributed by atoms with Crippen molar-refractivity contribution in [3.8, 4) is 40.2 Å². The predicted molar refractivity (Wildman–Crippen MR) is 147 cm³/mol. The van der Waals surface area contributed by atoms with Crippen LogP contribution in [0.4, 0.5) is 0 Å². The summed E-state index contributed by atoms with van der Waals surface area (Å²) >= 11 is 0. The SMILES string of the molecule is COc1ccc(Cc2ccc(Oc3ccc(Oc4ccc(Oc5ccc(C)cc5)cc4)cc3)cc2)cc1. The molecule has 37 heavy (non-hydrogen) atoms. The minimum Gasteiger partial charge on any atom is -0.497 e. The number of methoxy groups -OCH3 is 1. The second kappa shape index (κ2) is 11.4. The molecule has 0 radical (unpaired) electrons. The van der Waals surface area contributed by atoms with E-state index in [2.05, 4.69) is 31.2 Å². The number of ether oxygens (including phenoxy) is 4. The van der Waals surface area contributed by atoms with Gasteiger partial charge < -0.3 is 18.9 Å². The Kier molecular flexibility index (Phi) is 7.37. The van der Waals surface area contributed by atoms with Crippen LogP contribution in [-0.4, -0.2) is 7.11 Å². The van der Waals surface area contributed by atoms with E-state index in [1.165, 1.54) is 16.7 Å². The van der Waals surface area contributed by atoms with Gasteiger partial charge in [-0.15, -0.1) is 0 Å². The van der Waals surface area contributed by atoms with Gasteiger partial charge in [-0.05, 0) is 109 Å². The fraction of sp³-hybridized carbons (Fsp3) is 0.0909. The zero-order chi connectivity index (χ0) is 25.5. The first-order chi connectivity index (χ1) is 18.1. The van der Waals surface area contributed by atoms with Gasteiger partial charge in [-0.25, -0.2) is 0 Å². The molecule has 0 amide bonds. The summed E-state index contributed by atoms with van der Waals surface area (Å²) in [5.74, 6) is 5.43. The second-order valence-electron chi connectivity index (χ2n) is 8.73. The Hall–Kier alpha value is -4.70. The smallest absolute Gasteiger partial charge is 0.127 e. The lowest BCUT2D eigenvalue weighted by Crippen LogP contribution is -1.90. The highest BCUT2D eigenvalue weighted by Crippen LogP contribution is 2.29. The maximum Gasteiger partial charge on any atom is 0.127 e. The summed E-state index contributed by atoms with van der Waals surface area (Å²) in [5.41, 5.74) is 3.65. The van der Waals surface area contributed by atoms with Crippen LogP contribution >= 0.6 is 0 Å². The largest absolute Gasteiger partial charge is 0.497 e. The molecule has 0 spiro atoms. The van der Waals surface area contributed by atoms with E-state index in [-0.39, 0.29) is 0 Å². The topological polar surface area (TPSA) is 36.9 Å². The molecule has 0 unspecified atom stereocenters. The van der Waals surface area contributed by atoms with E-state index in [9.17, 15) is 0 Å². The van der Waals surface area contributed by atoms with E-state index >= 15 is 0 Å². The second-order valence-corrected chi connectivity index (χ2v) is 8.73. The lowest BCUT2D eigenvalue weighted by atomic mass is 10.0. The maximum atomic E-state index is 6.01. The van der Waals surface area contributed by atoms with Gasteiger partial charge in [-0.3, -0.25) is 0 Å². The van der Waals surface area contributed by atoms with E-state index in [0.717, 1.165) is 46.7 Å². The van der Waals surface area contributed by atoms with Crippen molar-refractivity contribution < 1.29 is 18.9 Å². The van der Waals surface area contributed by atoms with Gasteiger partial charge in [0.05, 0.1) is 7.11 Å². The molecule has 5 aromatic carbocycles. The van der Waals surface area contributed by atoms with Crippen molar-refractivity contribution in [2.75, 3.05) is 7.11 Å². The van der Waals surface area contributed by atoms with E-state index in [0.29, 0.717) is 0 Å². The van der Waals surface area contributed by atoms with Gasteiger partial charge in [0.25, 0.3) is 0 Å². The van der Waals surface area contributed by atoms with Crippen molar-refractivity contribution in [1.29, 1.82) is 0 Å². The lowest BCUT2D eigenvalue weighted by Gasteiger charge is -2.10. The molecule has 184 valence electrons. The van der Waals surface area contributed by atoms with Crippen molar-refractivity contribution in [2.24, 2.45) is 0 Å². The predicted octanol–water partition coefficient (Wildman–Crippen LogP) is 8.97. The van der Waals surface area contributed by atoms with E-state index in [1.54, 1.807) is 7.11 Å². The van der Waals surface area contributed by atoms with E-state index < -0.39 is 0 Å². The van der Waals surface area contributed by atoms with E-state index in [1.807, 2.05) is 97.1 Å². The van der Waals surface area contributed by atoms with Crippen LogP contribution in [0, 0.1) is 6.92 Å². The molecule has 0 heterocycles. The highest BCUT2D eigenvalue weighted by Gasteiger charge is 2.04. The first-order valence-electron chi connectivity index (χ1n) is 12.2. The average Bonchev–Trinajstić information content (AvgIpc) is 2.94. The molecule has 4 nitrogen and oxygen atoms in total. The van der Waals surface area contributed by atoms with E-state index in [4.69, 9.17) is 18.9 Å². The van der Waals surface area contributed by atoms with Gasteiger partial charge in [0.1, 0.15) is 40.2 Å². The Morgan fingerprint density at radius 2 is 0.649 bits per heavy atom. The minimum absolute atomic E-state index is 0.731. The fourth-order valence-electron chi connectivity index (χ4n) is 3.82. The molecule has 0 aromatic heterocycles. The molecule has 0 N–H and O–H groups in total. The molecule has 0 aliphatic heterocycles. The Labute approximate surface area is 217 Å². The molecule has 0 saturated heterocycles. The van der Waals surface area contributed by atoms with Crippen molar-refractivity contribution in [1.82, 2.24) is 0 Å². The number of aryl methyl sites for hydroxylation is 1. The molecule has 0 atom stereocenters. The number of hydrogen-bond donors (Lipinski definition) is 0. The fourth-order valence-corrected chi connectivity index (χ4v) is 3.82. The van der Waals surface area contributed by atoms with Gasteiger partial charge in [-0.2, -0.15) is 0 Å². The van der Waals surface area contributed by atoms with Crippen molar-refractivity contribution in [2.45, 2.75) is 13.3 Å². The highest BCUT2D eigenvalue weighted by molar-refractivity contribution is 5.41. The third kappa shape index (κ3) is 6.71. The van der Waals surface area contributed by atoms with Gasteiger partial charge in [0.2, 0.25) is 0 Å². The minimum atomic E-state index is 0.731. The molecule has 0 fully saturated rings. The zero-order valence-electron chi connectivity index (χ0n) is 20.9. The van der Waals surface area contributed by atoms with Crippen LogP contribution in [0.5, 0.6) is 40.2 Å². The first-order valence-corrected chi connectivity index (χ1v) is 12.2. The van der Waals surface area contributed by atoms with Gasteiger partial charge in [0, 0.05) is 0 Å². The van der Waals surface area contributed by atoms with Gasteiger partial charge >= 0.3 is 0 Å². The first kappa shape index (κ1) is 24.0. The summed E-state index contributed by atoms with van der Waals surface area (Å²) in [7, 11) is 1.68. The number of rotatable bonds is 9. The molecular weight excluding hydrogens is 460 g/mol. The Bertz CT molecular complexity index is 1410. The lowest BCUT2D eigenvalue weighted by molar-refractivity contribution is 0.414. The van der Waals surface area contributed by atoms with Crippen LogP contribution in [0.1, 0.15) is 16.7 Å². The summed E-state index contributed by atoms with van der Waals surface area (Å²) in [6.45, 7) is 2.05. The quantitative estimate of drug-likeness (QED) is 0.207. The molecular formula is C33H28O4. The van der Waals surface area contributed by atoms with Crippen LogP contribution < -0.4 is 18.9 Å². The Morgan fingerprint density at radius 3 is 0.973 bits per heavy atom. The summed E-state index contributed by atoms with van der Waals surface area (Å²) in [4.78, 5) is 0. The summed E-state index contributed by atoms with van der Waals surface area (Å²) in [6.07, 6.45) is 0.857. The summed E-state index contributed by atoms with van der Waals surface area (Å²) in [5, 5.41) is 0. The summed E-state index contributed by atoms with van der Waals surface area (Å²) in [6, 6.07) is 39.4. The zero-order valence-corrected chi connectivity index (χ0v) is 20.9. The van der Waals surface area contributed by atoms with Crippen LogP contribution in [0.2, 0.25) is 0 Å². The van der Waals surface area contributed by atoms with Gasteiger partial charge in [0.15, 0.2) is 0 Å². The molecule has 5 rings (SSSR count). The Morgan fingerprint density at radius 1 is 0.378 bits per heavy atom. The monoisotopic (exact) mass is 488 g/mol. The third-order valence-electron chi connectivity index (χ3n) is 5.87. The maximum absolute atomic E-state index is 6.01. The highest BCUT2D eigenvalue weighted by atomic mass is 16.5.